The lowest BCUT2D eigenvalue weighted by atomic mass is 9.97. The highest BCUT2D eigenvalue weighted by Gasteiger charge is 2.27. The molecule has 1 saturated heterocycles. The predicted octanol–water partition coefficient (Wildman–Crippen LogP) is 3.11. The number of hydrogen-bond donors (Lipinski definition) is 1. The molecule has 2 aromatic heterocycles. The average molecular weight is 379 g/mol. The number of piperidine rings is 1. The molecule has 28 heavy (non-hydrogen) atoms. The van der Waals surface area contributed by atoms with E-state index < -0.39 is 0 Å². The maximum atomic E-state index is 12.9. The van der Waals surface area contributed by atoms with Crippen LogP contribution in [-0.2, 0) is 11.3 Å². The second kappa shape index (κ2) is 8.62. The van der Waals surface area contributed by atoms with Crippen molar-refractivity contribution >= 4 is 11.6 Å². The number of amides is 1. The van der Waals surface area contributed by atoms with Crippen molar-refractivity contribution in [3.8, 4) is 11.5 Å². The zero-order valence-electron chi connectivity index (χ0n) is 15.3. The molecule has 0 aliphatic carbocycles. The van der Waals surface area contributed by atoms with Crippen molar-refractivity contribution in [1.82, 2.24) is 20.0 Å². The van der Waals surface area contributed by atoms with Gasteiger partial charge in [0.05, 0.1) is 24.3 Å². The summed E-state index contributed by atoms with van der Waals surface area (Å²) >= 11 is 0. The Labute approximate surface area is 162 Å². The van der Waals surface area contributed by atoms with Crippen LogP contribution in [0, 0.1) is 5.92 Å². The molecule has 4 rings (SSSR count). The van der Waals surface area contributed by atoms with E-state index >= 15 is 0 Å². The topological polar surface area (TPSA) is 93.4 Å². The molecule has 0 spiro atoms. The Morgan fingerprint density at radius 1 is 1.29 bits per heavy atom. The summed E-state index contributed by atoms with van der Waals surface area (Å²) in [4.78, 5) is 23.1. The number of carbonyl (C=O) groups is 1. The van der Waals surface area contributed by atoms with Crippen LogP contribution >= 0.6 is 0 Å². The Hall–Kier alpha value is -3.26. The van der Waals surface area contributed by atoms with Crippen LogP contribution in [0.1, 0.15) is 18.7 Å². The normalized spacial score (nSPS) is 17.2. The van der Waals surface area contributed by atoms with E-state index in [4.69, 9.17) is 9.26 Å². The lowest BCUT2D eigenvalue weighted by Crippen LogP contribution is -2.40. The number of carbonyl (C=O) groups excluding carboxylic acids is 1. The second-order valence-corrected chi connectivity index (χ2v) is 6.70. The highest BCUT2D eigenvalue weighted by molar-refractivity contribution is 5.94. The second-order valence-electron chi connectivity index (χ2n) is 6.70. The molecular formula is C20H21N5O3. The van der Waals surface area contributed by atoms with Gasteiger partial charge >= 0.3 is 0 Å². The van der Waals surface area contributed by atoms with Gasteiger partial charge in [0.15, 0.2) is 11.6 Å². The molecule has 1 aromatic carbocycles. The molecule has 1 aliphatic heterocycles. The number of rotatable bonds is 6. The van der Waals surface area contributed by atoms with Gasteiger partial charge in [0.25, 0.3) is 0 Å². The van der Waals surface area contributed by atoms with Crippen molar-refractivity contribution in [3.63, 3.8) is 0 Å². The fourth-order valence-corrected chi connectivity index (χ4v) is 3.30. The zero-order valence-corrected chi connectivity index (χ0v) is 15.3. The van der Waals surface area contributed by atoms with Gasteiger partial charge in [-0.15, -0.1) is 0 Å². The Balaban J connectivity index is 1.40. The summed E-state index contributed by atoms with van der Waals surface area (Å²) < 4.78 is 10.7. The molecular weight excluding hydrogens is 358 g/mol. The van der Waals surface area contributed by atoms with E-state index in [1.54, 1.807) is 18.5 Å². The molecule has 3 aromatic rings. The first-order valence-electron chi connectivity index (χ1n) is 9.23. The van der Waals surface area contributed by atoms with Crippen molar-refractivity contribution in [2.45, 2.75) is 19.4 Å². The number of aromatic nitrogens is 3. The van der Waals surface area contributed by atoms with Crippen LogP contribution < -0.4 is 10.1 Å². The standard InChI is InChI=1S/C20H21N5O3/c26-20(15-5-4-10-25(12-15)13-19-22-14-27-24-19)23-17-7-1-2-8-18(17)28-16-6-3-9-21-11-16/h1-3,6-9,11,14-15H,4-5,10,12-13H2,(H,23,26)/t15-/m0/s1. The number of nitrogens with one attached hydrogen (secondary N) is 1. The third-order valence-electron chi connectivity index (χ3n) is 4.66. The predicted molar refractivity (Wildman–Crippen MR) is 102 cm³/mol. The monoisotopic (exact) mass is 379 g/mol. The summed E-state index contributed by atoms with van der Waals surface area (Å²) in [6.45, 7) is 2.16. The number of para-hydroxylation sites is 2. The molecule has 1 aliphatic rings. The van der Waals surface area contributed by atoms with E-state index in [1.165, 1.54) is 6.39 Å². The Kier molecular flexibility index (Phi) is 5.58. The molecule has 144 valence electrons. The van der Waals surface area contributed by atoms with Crippen LogP contribution in [0.5, 0.6) is 11.5 Å². The van der Waals surface area contributed by atoms with Gasteiger partial charge in [0.2, 0.25) is 12.3 Å². The van der Waals surface area contributed by atoms with Crippen LogP contribution in [0.4, 0.5) is 5.69 Å². The molecule has 1 fully saturated rings. The van der Waals surface area contributed by atoms with Crippen LogP contribution in [0.25, 0.3) is 0 Å². The molecule has 0 saturated carbocycles. The first-order valence-corrected chi connectivity index (χ1v) is 9.23. The number of benzene rings is 1. The molecule has 1 atom stereocenters. The van der Waals surface area contributed by atoms with Gasteiger partial charge in [-0.3, -0.25) is 14.7 Å². The van der Waals surface area contributed by atoms with Crippen molar-refractivity contribution in [2.75, 3.05) is 18.4 Å². The number of ether oxygens (including phenoxy) is 1. The lowest BCUT2D eigenvalue weighted by molar-refractivity contribution is -0.121. The number of nitrogens with zero attached hydrogens (tertiary/aromatic N) is 4. The van der Waals surface area contributed by atoms with Gasteiger partial charge in [-0.2, -0.15) is 4.98 Å². The van der Waals surface area contributed by atoms with Crippen LogP contribution in [0.3, 0.4) is 0 Å². The summed E-state index contributed by atoms with van der Waals surface area (Å²) in [6.07, 6.45) is 6.44. The summed E-state index contributed by atoms with van der Waals surface area (Å²) in [6, 6.07) is 11.0. The molecule has 1 N–H and O–H groups in total. The third-order valence-corrected chi connectivity index (χ3v) is 4.66. The van der Waals surface area contributed by atoms with Crippen LogP contribution in [0.2, 0.25) is 0 Å². The van der Waals surface area contributed by atoms with E-state index in [1.807, 2.05) is 30.3 Å². The molecule has 8 heteroatoms. The first kappa shape index (κ1) is 18.1. The molecule has 0 radical (unpaired) electrons. The maximum Gasteiger partial charge on any atom is 0.228 e. The molecule has 3 heterocycles. The van der Waals surface area contributed by atoms with E-state index in [2.05, 4.69) is 25.3 Å². The van der Waals surface area contributed by atoms with Gasteiger partial charge in [-0.05, 0) is 43.7 Å². The largest absolute Gasteiger partial charge is 0.454 e. The van der Waals surface area contributed by atoms with E-state index in [-0.39, 0.29) is 11.8 Å². The number of anilines is 1. The van der Waals surface area contributed by atoms with E-state index in [9.17, 15) is 4.79 Å². The quantitative estimate of drug-likeness (QED) is 0.703. The van der Waals surface area contributed by atoms with Crippen molar-refractivity contribution in [1.29, 1.82) is 0 Å². The Morgan fingerprint density at radius 3 is 3.04 bits per heavy atom. The SMILES string of the molecule is O=C(Nc1ccccc1Oc1cccnc1)[C@H]1CCCN(Cc2ncon2)C1. The van der Waals surface area contributed by atoms with Crippen molar-refractivity contribution < 1.29 is 14.1 Å². The first-order chi connectivity index (χ1) is 13.8. The molecule has 0 bridgehead atoms. The molecule has 8 nitrogen and oxygen atoms in total. The minimum Gasteiger partial charge on any atom is -0.454 e. The van der Waals surface area contributed by atoms with E-state index in [0.29, 0.717) is 36.1 Å². The van der Waals surface area contributed by atoms with E-state index in [0.717, 1.165) is 19.4 Å². The maximum absolute atomic E-state index is 12.9. The van der Waals surface area contributed by atoms with Gasteiger partial charge in [0, 0.05) is 12.7 Å². The lowest BCUT2D eigenvalue weighted by Gasteiger charge is -2.31. The highest BCUT2D eigenvalue weighted by Crippen LogP contribution is 2.30. The van der Waals surface area contributed by atoms with Crippen LogP contribution in [0.15, 0.2) is 59.7 Å². The van der Waals surface area contributed by atoms with Gasteiger partial charge in [0.1, 0.15) is 5.75 Å². The van der Waals surface area contributed by atoms with Gasteiger partial charge in [-0.25, -0.2) is 0 Å². The molecule has 0 unspecified atom stereocenters. The zero-order chi connectivity index (χ0) is 19.2. The molecule has 1 amide bonds. The minimum absolute atomic E-state index is 0.0138. The van der Waals surface area contributed by atoms with Crippen molar-refractivity contribution in [2.24, 2.45) is 5.92 Å². The Bertz CT molecular complexity index is 901. The smallest absolute Gasteiger partial charge is 0.228 e. The summed E-state index contributed by atoms with van der Waals surface area (Å²) in [5.74, 6) is 1.72. The summed E-state index contributed by atoms with van der Waals surface area (Å²) in [7, 11) is 0. The fraction of sp³-hybridized carbons (Fsp3) is 0.300. The van der Waals surface area contributed by atoms with Crippen molar-refractivity contribution in [3.05, 3.63) is 61.0 Å². The number of hydrogen-bond acceptors (Lipinski definition) is 7. The Morgan fingerprint density at radius 2 is 2.21 bits per heavy atom. The minimum atomic E-state index is -0.105. The summed E-state index contributed by atoms with van der Waals surface area (Å²) in [5, 5.41) is 6.87. The van der Waals surface area contributed by atoms with Crippen LogP contribution in [-0.4, -0.2) is 39.0 Å². The average Bonchev–Trinajstić information content (AvgIpc) is 3.23. The number of likely N-dealkylation sites (tertiary alicyclic amines) is 1. The number of pyridine rings is 1. The third kappa shape index (κ3) is 4.52. The fourth-order valence-electron chi connectivity index (χ4n) is 3.30. The van der Waals surface area contributed by atoms with Gasteiger partial charge in [-0.1, -0.05) is 17.3 Å². The van der Waals surface area contributed by atoms with Gasteiger partial charge < -0.3 is 14.6 Å². The highest BCUT2D eigenvalue weighted by atomic mass is 16.5. The summed E-state index contributed by atoms with van der Waals surface area (Å²) in [5.41, 5.74) is 0.645.